The van der Waals surface area contributed by atoms with Gasteiger partial charge in [0, 0.05) is 22.5 Å². The van der Waals surface area contributed by atoms with Crippen LogP contribution >= 0.6 is 11.3 Å². The van der Waals surface area contributed by atoms with Gasteiger partial charge in [-0.3, -0.25) is 4.98 Å². The maximum atomic E-state index is 10.4. The van der Waals surface area contributed by atoms with Crippen molar-refractivity contribution in [2.45, 2.75) is 13.0 Å². The second-order valence-electron chi connectivity index (χ2n) is 4.12. The smallest absolute Gasteiger partial charge is 0.124 e. The third kappa shape index (κ3) is 1.89. The molecule has 1 N–H and O–H groups in total. The zero-order valence-corrected chi connectivity index (χ0v) is 10.7. The summed E-state index contributed by atoms with van der Waals surface area (Å²) in [5.41, 5.74) is 2.33. The number of hydrogen-bond acceptors (Lipinski definition) is 4. The molecule has 1 aromatic carbocycles. The summed E-state index contributed by atoms with van der Waals surface area (Å²) >= 11 is 1.54. The first-order chi connectivity index (χ1) is 8.75. The van der Waals surface area contributed by atoms with E-state index in [1.54, 1.807) is 17.5 Å². The third-order valence-electron chi connectivity index (χ3n) is 2.88. The van der Waals surface area contributed by atoms with Crippen molar-refractivity contribution in [3.05, 3.63) is 58.2 Å². The number of aryl methyl sites for hydroxylation is 1. The molecule has 18 heavy (non-hydrogen) atoms. The van der Waals surface area contributed by atoms with Crippen molar-refractivity contribution < 1.29 is 5.11 Å². The van der Waals surface area contributed by atoms with E-state index in [1.807, 2.05) is 42.6 Å². The largest absolute Gasteiger partial charge is 0.382 e. The molecule has 0 spiro atoms. The van der Waals surface area contributed by atoms with Crippen molar-refractivity contribution >= 4 is 22.2 Å². The lowest BCUT2D eigenvalue weighted by Gasteiger charge is -2.10. The van der Waals surface area contributed by atoms with E-state index in [1.165, 1.54) is 0 Å². The van der Waals surface area contributed by atoms with Gasteiger partial charge < -0.3 is 5.11 Å². The van der Waals surface area contributed by atoms with Crippen LogP contribution in [-0.2, 0) is 0 Å². The highest BCUT2D eigenvalue weighted by Crippen LogP contribution is 2.28. The molecule has 0 saturated heterocycles. The molecule has 3 nitrogen and oxygen atoms in total. The average Bonchev–Trinajstić information content (AvgIpc) is 2.84. The van der Waals surface area contributed by atoms with Gasteiger partial charge in [0.1, 0.15) is 6.10 Å². The molecule has 0 saturated carbocycles. The summed E-state index contributed by atoms with van der Waals surface area (Å²) in [7, 11) is 0. The van der Waals surface area contributed by atoms with Crippen molar-refractivity contribution in [1.82, 2.24) is 9.97 Å². The Morgan fingerprint density at radius 1 is 1.22 bits per heavy atom. The van der Waals surface area contributed by atoms with E-state index in [9.17, 15) is 5.11 Å². The van der Waals surface area contributed by atoms with Gasteiger partial charge in [-0.25, -0.2) is 4.98 Å². The first-order valence-electron chi connectivity index (χ1n) is 5.69. The van der Waals surface area contributed by atoms with Crippen LogP contribution in [0.3, 0.4) is 0 Å². The fraction of sp³-hybridized carbons (Fsp3) is 0.143. The Hall–Kier alpha value is -1.78. The normalized spacial score (nSPS) is 12.8. The molecule has 0 amide bonds. The summed E-state index contributed by atoms with van der Waals surface area (Å²) in [6, 6.07) is 9.71. The van der Waals surface area contributed by atoms with Crippen LogP contribution < -0.4 is 0 Å². The van der Waals surface area contributed by atoms with E-state index in [4.69, 9.17) is 0 Å². The Labute approximate surface area is 109 Å². The van der Waals surface area contributed by atoms with Crippen molar-refractivity contribution in [1.29, 1.82) is 0 Å². The first kappa shape index (κ1) is 11.3. The minimum Gasteiger partial charge on any atom is -0.382 e. The highest BCUT2D eigenvalue weighted by Gasteiger charge is 2.16. The lowest BCUT2D eigenvalue weighted by molar-refractivity contribution is 0.217. The number of fused-ring (bicyclic) bond motifs is 1. The Morgan fingerprint density at radius 3 is 2.83 bits per heavy atom. The molecule has 0 aliphatic heterocycles. The van der Waals surface area contributed by atoms with Crippen LogP contribution in [0.25, 0.3) is 10.9 Å². The lowest BCUT2D eigenvalue weighted by atomic mass is 10.0. The standard InChI is InChI=1S/C14H12N2OS/c1-9-16-12(8-18-9)14(17)11-6-2-4-10-5-3-7-15-13(10)11/h2-8,14,17H,1H3. The second kappa shape index (κ2) is 4.48. The summed E-state index contributed by atoms with van der Waals surface area (Å²) < 4.78 is 0. The second-order valence-corrected chi connectivity index (χ2v) is 5.18. The molecule has 0 aliphatic rings. The maximum Gasteiger partial charge on any atom is 0.124 e. The zero-order chi connectivity index (χ0) is 12.5. The molecule has 3 rings (SSSR count). The van der Waals surface area contributed by atoms with Gasteiger partial charge >= 0.3 is 0 Å². The number of pyridine rings is 1. The summed E-state index contributed by atoms with van der Waals surface area (Å²) in [5, 5.41) is 14.3. The van der Waals surface area contributed by atoms with Crippen LogP contribution in [0.2, 0.25) is 0 Å². The number of hydrogen-bond donors (Lipinski definition) is 1. The van der Waals surface area contributed by atoms with E-state index in [2.05, 4.69) is 9.97 Å². The van der Waals surface area contributed by atoms with Crippen LogP contribution in [0.15, 0.2) is 41.9 Å². The van der Waals surface area contributed by atoms with Crippen molar-refractivity contribution in [2.24, 2.45) is 0 Å². The predicted molar refractivity (Wildman–Crippen MR) is 72.7 cm³/mol. The van der Waals surface area contributed by atoms with E-state index < -0.39 is 6.10 Å². The Kier molecular flexibility index (Phi) is 2.81. The Bertz CT molecular complexity index is 688. The highest BCUT2D eigenvalue weighted by atomic mass is 32.1. The molecule has 4 heteroatoms. The summed E-state index contributed by atoms with van der Waals surface area (Å²) in [6.07, 6.45) is 1.03. The first-order valence-corrected chi connectivity index (χ1v) is 6.57. The molecule has 0 radical (unpaired) electrons. The molecular formula is C14H12N2OS. The van der Waals surface area contributed by atoms with E-state index in [0.717, 1.165) is 21.5 Å². The molecule has 3 aromatic rings. The fourth-order valence-electron chi connectivity index (χ4n) is 2.01. The number of aromatic nitrogens is 2. The quantitative estimate of drug-likeness (QED) is 0.766. The van der Waals surface area contributed by atoms with Gasteiger partial charge in [-0.1, -0.05) is 24.3 Å². The van der Waals surface area contributed by atoms with Gasteiger partial charge in [0.05, 0.1) is 16.2 Å². The maximum absolute atomic E-state index is 10.4. The van der Waals surface area contributed by atoms with Gasteiger partial charge in [-0.2, -0.15) is 0 Å². The SMILES string of the molecule is Cc1nc(C(O)c2cccc3cccnc23)cs1. The van der Waals surface area contributed by atoms with Crippen LogP contribution in [0.1, 0.15) is 22.4 Å². The fourth-order valence-corrected chi connectivity index (χ4v) is 2.64. The topological polar surface area (TPSA) is 46.0 Å². The molecule has 0 fully saturated rings. The number of benzene rings is 1. The Morgan fingerprint density at radius 2 is 2.06 bits per heavy atom. The zero-order valence-electron chi connectivity index (χ0n) is 9.87. The number of aliphatic hydroxyl groups excluding tert-OH is 1. The Balaban J connectivity index is 2.14. The van der Waals surface area contributed by atoms with E-state index >= 15 is 0 Å². The van der Waals surface area contributed by atoms with Crippen LogP contribution in [0.4, 0.5) is 0 Å². The summed E-state index contributed by atoms with van der Waals surface area (Å²) in [5.74, 6) is 0. The molecule has 2 aromatic heterocycles. The third-order valence-corrected chi connectivity index (χ3v) is 3.67. The van der Waals surface area contributed by atoms with Gasteiger partial charge in [0.2, 0.25) is 0 Å². The molecule has 0 bridgehead atoms. The van der Waals surface area contributed by atoms with Crippen LogP contribution in [0.5, 0.6) is 0 Å². The lowest BCUT2D eigenvalue weighted by Crippen LogP contribution is -2.01. The van der Waals surface area contributed by atoms with E-state index in [0.29, 0.717) is 5.69 Å². The monoisotopic (exact) mass is 256 g/mol. The van der Waals surface area contributed by atoms with Crippen LogP contribution in [0, 0.1) is 6.92 Å². The average molecular weight is 256 g/mol. The van der Waals surface area contributed by atoms with Gasteiger partial charge in [0.15, 0.2) is 0 Å². The highest BCUT2D eigenvalue weighted by molar-refractivity contribution is 7.09. The number of aliphatic hydroxyl groups is 1. The van der Waals surface area contributed by atoms with Crippen molar-refractivity contribution in [3.63, 3.8) is 0 Å². The molecule has 1 unspecified atom stereocenters. The number of para-hydroxylation sites is 1. The molecule has 90 valence electrons. The molecule has 2 heterocycles. The van der Waals surface area contributed by atoms with Crippen molar-refractivity contribution in [2.75, 3.05) is 0 Å². The summed E-state index contributed by atoms with van der Waals surface area (Å²) in [6.45, 7) is 1.93. The number of thiazole rings is 1. The molecular weight excluding hydrogens is 244 g/mol. The van der Waals surface area contributed by atoms with Gasteiger partial charge in [0.25, 0.3) is 0 Å². The van der Waals surface area contributed by atoms with Crippen molar-refractivity contribution in [3.8, 4) is 0 Å². The summed E-state index contributed by atoms with van der Waals surface area (Å²) in [4.78, 5) is 8.68. The predicted octanol–water partition coefficient (Wildman–Crippen LogP) is 3.08. The minimum absolute atomic E-state index is 0.690. The van der Waals surface area contributed by atoms with Crippen LogP contribution in [-0.4, -0.2) is 15.1 Å². The number of nitrogens with zero attached hydrogens (tertiary/aromatic N) is 2. The van der Waals surface area contributed by atoms with Gasteiger partial charge in [-0.05, 0) is 13.0 Å². The number of rotatable bonds is 2. The molecule has 0 aliphatic carbocycles. The minimum atomic E-state index is -0.714. The van der Waals surface area contributed by atoms with E-state index in [-0.39, 0.29) is 0 Å². The van der Waals surface area contributed by atoms with Gasteiger partial charge in [-0.15, -0.1) is 11.3 Å². The molecule has 1 atom stereocenters.